The molecule has 0 unspecified atom stereocenters. The predicted molar refractivity (Wildman–Crippen MR) is 75.6 cm³/mol. The summed E-state index contributed by atoms with van der Waals surface area (Å²) in [5.41, 5.74) is 1.75. The van der Waals surface area contributed by atoms with E-state index in [1.54, 1.807) is 18.2 Å². The number of carboxylic acids is 1. The minimum atomic E-state index is -1.02. The van der Waals surface area contributed by atoms with Gasteiger partial charge in [0.15, 0.2) is 0 Å². The van der Waals surface area contributed by atoms with Gasteiger partial charge in [0, 0.05) is 5.41 Å². The number of rotatable bonds is 2. The van der Waals surface area contributed by atoms with Gasteiger partial charge in [0.25, 0.3) is 0 Å². The molecule has 0 bridgehead atoms. The number of aryl methyl sites for hydroxylation is 1. The molecule has 1 aromatic heterocycles. The highest BCUT2D eigenvalue weighted by Crippen LogP contribution is 2.31. The highest BCUT2D eigenvalue weighted by atomic mass is 16.4. The molecule has 106 valence electrons. The average molecular weight is 274 g/mol. The minimum Gasteiger partial charge on any atom is -0.506 e. The van der Waals surface area contributed by atoms with Crippen LogP contribution in [-0.2, 0) is 5.41 Å². The molecule has 0 spiro atoms. The van der Waals surface area contributed by atoms with Crippen LogP contribution < -0.4 is 0 Å². The van der Waals surface area contributed by atoms with E-state index in [4.69, 9.17) is 0 Å². The molecule has 0 aliphatic heterocycles. The van der Waals surface area contributed by atoms with E-state index in [-0.39, 0.29) is 11.3 Å². The Balaban J connectivity index is 2.75. The Labute approximate surface area is 117 Å². The summed E-state index contributed by atoms with van der Waals surface area (Å²) in [6, 6.07) is 5.15. The first kappa shape index (κ1) is 14.1. The Bertz CT molecular complexity index is 666. The van der Waals surface area contributed by atoms with Crippen LogP contribution in [0.2, 0.25) is 0 Å². The molecular weight excluding hydrogens is 256 g/mol. The summed E-state index contributed by atoms with van der Waals surface area (Å²) in [5.74, 6) is -0.950. The summed E-state index contributed by atoms with van der Waals surface area (Å²) in [4.78, 5) is 11.3. The highest BCUT2D eigenvalue weighted by molar-refractivity contribution is 5.89. The number of aromatic carboxylic acids is 1. The van der Waals surface area contributed by atoms with E-state index >= 15 is 0 Å². The summed E-state index contributed by atoms with van der Waals surface area (Å²) in [7, 11) is 0. The lowest BCUT2D eigenvalue weighted by molar-refractivity contribution is 0.0694. The molecule has 0 saturated carbocycles. The Kier molecular flexibility index (Phi) is 3.29. The second kappa shape index (κ2) is 4.67. The molecule has 0 amide bonds. The van der Waals surface area contributed by atoms with Gasteiger partial charge in [0.1, 0.15) is 17.0 Å². The maximum atomic E-state index is 11.3. The van der Waals surface area contributed by atoms with Crippen molar-refractivity contribution in [1.29, 1.82) is 0 Å². The van der Waals surface area contributed by atoms with Crippen molar-refractivity contribution in [3.05, 3.63) is 41.2 Å². The van der Waals surface area contributed by atoms with E-state index in [2.05, 4.69) is 5.10 Å². The van der Waals surface area contributed by atoms with Crippen LogP contribution in [0.4, 0.5) is 0 Å². The van der Waals surface area contributed by atoms with Gasteiger partial charge in [-0.25, -0.2) is 9.48 Å². The predicted octanol–water partition coefficient (Wildman–Crippen LogP) is 2.88. The van der Waals surface area contributed by atoms with Crippen LogP contribution in [0.15, 0.2) is 24.4 Å². The molecular formula is C15H18N2O3. The second-order valence-electron chi connectivity index (χ2n) is 5.87. The van der Waals surface area contributed by atoms with Crippen LogP contribution in [0.1, 0.15) is 42.4 Å². The third-order valence-corrected chi connectivity index (χ3v) is 3.07. The van der Waals surface area contributed by atoms with Crippen molar-refractivity contribution >= 4 is 5.97 Å². The number of carbonyl (C=O) groups is 1. The third-order valence-electron chi connectivity index (χ3n) is 3.07. The van der Waals surface area contributed by atoms with Crippen molar-refractivity contribution < 1.29 is 15.0 Å². The molecule has 2 rings (SSSR count). The molecule has 20 heavy (non-hydrogen) atoms. The molecule has 2 N–H and O–H groups in total. The van der Waals surface area contributed by atoms with Crippen LogP contribution >= 0.6 is 0 Å². The molecule has 1 heterocycles. The fourth-order valence-electron chi connectivity index (χ4n) is 2.21. The Morgan fingerprint density at radius 3 is 2.50 bits per heavy atom. The van der Waals surface area contributed by atoms with Gasteiger partial charge in [-0.1, -0.05) is 26.8 Å². The van der Waals surface area contributed by atoms with Crippen LogP contribution in [0.3, 0.4) is 0 Å². The molecule has 5 nitrogen and oxygen atoms in total. The highest BCUT2D eigenvalue weighted by Gasteiger charge is 2.28. The fraction of sp³-hybridized carbons (Fsp3) is 0.333. The monoisotopic (exact) mass is 274 g/mol. The van der Waals surface area contributed by atoms with Gasteiger partial charge < -0.3 is 10.2 Å². The second-order valence-corrected chi connectivity index (χ2v) is 5.87. The van der Waals surface area contributed by atoms with Crippen LogP contribution in [0.5, 0.6) is 5.75 Å². The first-order chi connectivity index (χ1) is 9.21. The number of phenolic OH excluding ortho intramolecular Hbond substituents is 1. The molecule has 0 aliphatic rings. The van der Waals surface area contributed by atoms with Crippen LogP contribution in [-0.4, -0.2) is 26.0 Å². The van der Waals surface area contributed by atoms with E-state index in [9.17, 15) is 15.0 Å². The number of phenols is 1. The number of aromatic hydroxyl groups is 1. The lowest BCUT2D eigenvalue weighted by Crippen LogP contribution is -2.21. The van der Waals surface area contributed by atoms with Crippen molar-refractivity contribution in [2.75, 3.05) is 0 Å². The van der Waals surface area contributed by atoms with Gasteiger partial charge in [-0.15, -0.1) is 0 Å². The molecule has 0 aliphatic carbocycles. The molecule has 5 heteroatoms. The van der Waals surface area contributed by atoms with Gasteiger partial charge in [-0.05, 0) is 24.6 Å². The molecule has 0 atom stereocenters. The summed E-state index contributed by atoms with van der Waals surface area (Å²) in [6.45, 7) is 7.65. The topological polar surface area (TPSA) is 75.3 Å². The van der Waals surface area contributed by atoms with Gasteiger partial charge >= 0.3 is 5.97 Å². The molecule has 0 fully saturated rings. The number of hydrogen-bond acceptors (Lipinski definition) is 3. The van der Waals surface area contributed by atoms with E-state index in [1.165, 1.54) is 10.9 Å². The van der Waals surface area contributed by atoms with Crippen LogP contribution in [0, 0.1) is 6.92 Å². The standard InChI is InChI=1S/C15H18N2O3/c1-9-5-6-12(18)11(7-9)17-13(15(2,3)4)10(8-16-17)14(19)20/h5-8,18H,1-4H3,(H,19,20). The van der Waals surface area contributed by atoms with Gasteiger partial charge in [0.05, 0.1) is 11.9 Å². The van der Waals surface area contributed by atoms with Gasteiger partial charge in [0.2, 0.25) is 0 Å². The van der Waals surface area contributed by atoms with Crippen molar-refractivity contribution in [2.45, 2.75) is 33.1 Å². The largest absolute Gasteiger partial charge is 0.506 e. The van der Waals surface area contributed by atoms with E-state index in [1.807, 2.05) is 27.7 Å². The summed E-state index contributed by atoms with van der Waals surface area (Å²) >= 11 is 0. The first-order valence-corrected chi connectivity index (χ1v) is 6.33. The normalized spacial score (nSPS) is 11.6. The van der Waals surface area contributed by atoms with E-state index in [0.29, 0.717) is 11.4 Å². The van der Waals surface area contributed by atoms with Gasteiger partial charge in [-0.2, -0.15) is 5.10 Å². The van der Waals surface area contributed by atoms with Crippen molar-refractivity contribution in [1.82, 2.24) is 9.78 Å². The maximum Gasteiger partial charge on any atom is 0.339 e. The number of nitrogens with zero attached hydrogens (tertiary/aromatic N) is 2. The van der Waals surface area contributed by atoms with Crippen molar-refractivity contribution in [3.8, 4) is 11.4 Å². The lowest BCUT2D eigenvalue weighted by atomic mass is 9.89. The summed E-state index contributed by atoms with van der Waals surface area (Å²) in [5, 5.41) is 23.5. The molecule has 2 aromatic rings. The molecule has 0 radical (unpaired) electrons. The van der Waals surface area contributed by atoms with Gasteiger partial charge in [-0.3, -0.25) is 0 Å². The number of hydrogen-bond donors (Lipinski definition) is 2. The van der Waals surface area contributed by atoms with Crippen LogP contribution in [0.25, 0.3) is 5.69 Å². The Morgan fingerprint density at radius 2 is 1.95 bits per heavy atom. The number of benzene rings is 1. The van der Waals surface area contributed by atoms with Crippen molar-refractivity contribution in [3.63, 3.8) is 0 Å². The maximum absolute atomic E-state index is 11.3. The SMILES string of the molecule is Cc1ccc(O)c(-n2ncc(C(=O)O)c2C(C)(C)C)c1. The zero-order chi connectivity index (χ0) is 15.1. The Morgan fingerprint density at radius 1 is 1.30 bits per heavy atom. The average Bonchev–Trinajstić information content (AvgIpc) is 2.76. The summed E-state index contributed by atoms with van der Waals surface area (Å²) < 4.78 is 1.51. The third kappa shape index (κ3) is 2.39. The molecule has 0 saturated heterocycles. The smallest absolute Gasteiger partial charge is 0.339 e. The number of carboxylic acid groups (broad SMARTS) is 1. The lowest BCUT2D eigenvalue weighted by Gasteiger charge is -2.22. The van der Waals surface area contributed by atoms with E-state index in [0.717, 1.165) is 5.56 Å². The fourth-order valence-corrected chi connectivity index (χ4v) is 2.21. The van der Waals surface area contributed by atoms with Crippen molar-refractivity contribution in [2.24, 2.45) is 0 Å². The summed E-state index contributed by atoms with van der Waals surface area (Å²) in [6.07, 6.45) is 1.32. The first-order valence-electron chi connectivity index (χ1n) is 6.33. The molecule has 1 aromatic carbocycles. The Hall–Kier alpha value is -2.30. The quantitative estimate of drug-likeness (QED) is 0.883. The number of aromatic nitrogens is 2. The zero-order valence-corrected chi connectivity index (χ0v) is 12.0. The minimum absolute atomic E-state index is 0.0705. The van der Waals surface area contributed by atoms with E-state index < -0.39 is 11.4 Å². The zero-order valence-electron chi connectivity index (χ0n) is 12.0.